The van der Waals surface area contributed by atoms with Crippen molar-refractivity contribution < 1.29 is 9.18 Å². The minimum Gasteiger partial charge on any atom is -0.364 e. The first-order chi connectivity index (χ1) is 14.3. The van der Waals surface area contributed by atoms with E-state index in [0.29, 0.717) is 11.3 Å². The third-order valence-electron chi connectivity index (χ3n) is 5.17. The van der Waals surface area contributed by atoms with E-state index in [1.165, 1.54) is 33.4 Å². The summed E-state index contributed by atoms with van der Waals surface area (Å²) < 4.78 is 16.2. The van der Waals surface area contributed by atoms with Crippen LogP contribution in [-0.2, 0) is 6.54 Å². The van der Waals surface area contributed by atoms with Crippen molar-refractivity contribution in [2.45, 2.75) is 27.3 Å². The lowest BCUT2D eigenvalue weighted by Crippen LogP contribution is -2.23. The molecule has 0 atom stereocenters. The molecule has 0 aliphatic carbocycles. The molecule has 7 nitrogen and oxygen atoms in total. The third-order valence-corrected chi connectivity index (χ3v) is 5.17. The van der Waals surface area contributed by atoms with Crippen molar-refractivity contribution in [3.05, 3.63) is 75.6 Å². The molecule has 0 aliphatic rings. The Kier molecular flexibility index (Phi) is 4.69. The quantitative estimate of drug-likeness (QED) is 0.564. The summed E-state index contributed by atoms with van der Waals surface area (Å²) >= 11 is 0. The van der Waals surface area contributed by atoms with E-state index in [0.717, 1.165) is 11.1 Å². The number of rotatable bonds is 4. The number of hydrogen-bond donors (Lipinski definition) is 1. The zero-order chi connectivity index (χ0) is 21.6. The van der Waals surface area contributed by atoms with Crippen LogP contribution in [0.2, 0.25) is 0 Å². The van der Waals surface area contributed by atoms with Crippen LogP contribution in [0.15, 0.2) is 47.3 Å². The molecule has 2 heterocycles. The van der Waals surface area contributed by atoms with Crippen LogP contribution in [-0.4, -0.2) is 25.0 Å². The van der Waals surface area contributed by atoms with E-state index >= 15 is 0 Å². The number of fused-ring (bicyclic) bond motifs is 1. The lowest BCUT2D eigenvalue weighted by Gasteiger charge is -2.08. The summed E-state index contributed by atoms with van der Waals surface area (Å²) in [7, 11) is 0. The Labute approximate surface area is 171 Å². The highest BCUT2D eigenvalue weighted by atomic mass is 19.1. The molecule has 2 aromatic carbocycles. The van der Waals surface area contributed by atoms with Gasteiger partial charge in [-0.1, -0.05) is 12.1 Å². The van der Waals surface area contributed by atoms with Gasteiger partial charge in [-0.2, -0.15) is 0 Å². The molecule has 0 unspecified atom stereocenters. The average Bonchev–Trinajstić information content (AvgIpc) is 3.01. The Morgan fingerprint density at radius 1 is 1.07 bits per heavy atom. The van der Waals surface area contributed by atoms with Gasteiger partial charge in [-0.15, -0.1) is 0 Å². The highest BCUT2D eigenvalue weighted by Gasteiger charge is 2.23. The predicted molar refractivity (Wildman–Crippen MR) is 112 cm³/mol. The molecule has 0 aliphatic heterocycles. The monoisotopic (exact) mass is 405 g/mol. The molecule has 152 valence electrons. The van der Waals surface area contributed by atoms with Crippen LogP contribution in [0, 0.1) is 19.7 Å². The Bertz CT molecular complexity index is 1350. The van der Waals surface area contributed by atoms with Crippen molar-refractivity contribution in [2.24, 2.45) is 5.73 Å². The standard InChI is InChI=1S/C22H20FN5O2/c1-4-27-18-17(19(24)29)25-20(14-6-5-12(2)13(3)11-14)26-21(18)28(22(27)30)16-9-7-15(23)8-10-16/h5-11H,4H2,1-3H3,(H2,24,29). The number of imidazole rings is 1. The number of benzene rings is 2. The van der Waals surface area contributed by atoms with Gasteiger partial charge < -0.3 is 5.73 Å². The molecule has 0 saturated carbocycles. The van der Waals surface area contributed by atoms with Crippen molar-refractivity contribution >= 4 is 17.1 Å². The Morgan fingerprint density at radius 2 is 1.77 bits per heavy atom. The summed E-state index contributed by atoms with van der Waals surface area (Å²) in [6, 6.07) is 11.2. The second kappa shape index (κ2) is 7.22. The number of nitrogens with zero attached hydrogens (tertiary/aromatic N) is 4. The highest BCUT2D eigenvalue weighted by Crippen LogP contribution is 2.25. The molecular formula is C22H20FN5O2. The molecule has 2 aromatic heterocycles. The van der Waals surface area contributed by atoms with Gasteiger partial charge in [0, 0.05) is 12.1 Å². The van der Waals surface area contributed by atoms with E-state index in [4.69, 9.17) is 5.73 Å². The Hall–Kier alpha value is -3.81. The van der Waals surface area contributed by atoms with Crippen LogP contribution in [0.5, 0.6) is 0 Å². The molecule has 0 fully saturated rings. The van der Waals surface area contributed by atoms with E-state index in [-0.39, 0.29) is 29.2 Å². The first kappa shape index (κ1) is 19.5. The number of hydrogen-bond acceptors (Lipinski definition) is 4. The largest absolute Gasteiger partial charge is 0.364 e. The zero-order valence-corrected chi connectivity index (χ0v) is 16.8. The zero-order valence-electron chi connectivity index (χ0n) is 16.8. The summed E-state index contributed by atoms with van der Waals surface area (Å²) in [4.78, 5) is 34.4. The lowest BCUT2D eigenvalue weighted by atomic mass is 10.1. The summed E-state index contributed by atoms with van der Waals surface area (Å²) in [5.41, 5.74) is 8.95. The van der Waals surface area contributed by atoms with E-state index in [9.17, 15) is 14.0 Å². The fourth-order valence-corrected chi connectivity index (χ4v) is 3.45. The predicted octanol–water partition coefficient (Wildman–Crippen LogP) is 3.12. The normalized spacial score (nSPS) is 11.2. The van der Waals surface area contributed by atoms with Gasteiger partial charge in [-0.25, -0.2) is 23.7 Å². The van der Waals surface area contributed by atoms with E-state index in [1.54, 1.807) is 6.92 Å². The SMILES string of the molecule is CCn1c(=O)n(-c2ccc(F)cc2)c2nc(-c3ccc(C)c(C)c3)nc(C(N)=O)c21. The van der Waals surface area contributed by atoms with Crippen LogP contribution in [0.4, 0.5) is 4.39 Å². The summed E-state index contributed by atoms with van der Waals surface area (Å²) in [5.74, 6) is -0.899. The van der Waals surface area contributed by atoms with Crippen LogP contribution in [0.25, 0.3) is 28.2 Å². The fourth-order valence-electron chi connectivity index (χ4n) is 3.45. The number of aryl methyl sites for hydroxylation is 3. The summed E-state index contributed by atoms with van der Waals surface area (Å²) in [6.45, 7) is 6.02. The van der Waals surface area contributed by atoms with Gasteiger partial charge in [0.05, 0.1) is 5.69 Å². The molecule has 4 aromatic rings. The van der Waals surface area contributed by atoms with Gasteiger partial charge in [0.15, 0.2) is 17.2 Å². The average molecular weight is 405 g/mol. The number of nitrogens with two attached hydrogens (primary N) is 1. The second-order valence-corrected chi connectivity index (χ2v) is 7.07. The molecule has 0 saturated heterocycles. The van der Waals surface area contributed by atoms with Crippen molar-refractivity contribution in [3.63, 3.8) is 0 Å². The first-order valence-electron chi connectivity index (χ1n) is 9.48. The van der Waals surface area contributed by atoms with Crippen molar-refractivity contribution in [1.29, 1.82) is 0 Å². The molecule has 4 rings (SSSR count). The Balaban J connectivity index is 2.12. The fraction of sp³-hybridized carbons (Fsp3) is 0.182. The molecular weight excluding hydrogens is 385 g/mol. The maximum Gasteiger partial charge on any atom is 0.335 e. The number of carbonyl (C=O) groups is 1. The minimum atomic E-state index is -0.758. The second-order valence-electron chi connectivity index (χ2n) is 7.07. The molecule has 8 heteroatoms. The van der Waals surface area contributed by atoms with Gasteiger partial charge in [-0.05, 0) is 62.2 Å². The van der Waals surface area contributed by atoms with Crippen LogP contribution >= 0.6 is 0 Å². The lowest BCUT2D eigenvalue weighted by molar-refractivity contribution is 0.0997. The smallest absolute Gasteiger partial charge is 0.335 e. The topological polar surface area (TPSA) is 95.8 Å². The van der Waals surface area contributed by atoms with Crippen LogP contribution < -0.4 is 11.4 Å². The Morgan fingerprint density at radius 3 is 2.37 bits per heavy atom. The van der Waals surface area contributed by atoms with E-state index < -0.39 is 17.4 Å². The molecule has 30 heavy (non-hydrogen) atoms. The third kappa shape index (κ3) is 3.06. The van der Waals surface area contributed by atoms with Gasteiger partial charge in [0.2, 0.25) is 0 Å². The van der Waals surface area contributed by atoms with Gasteiger partial charge in [0.1, 0.15) is 11.3 Å². The molecule has 0 radical (unpaired) electrons. The van der Waals surface area contributed by atoms with Gasteiger partial charge in [-0.3, -0.25) is 9.36 Å². The van der Waals surface area contributed by atoms with E-state index in [1.807, 2.05) is 32.0 Å². The molecule has 2 N–H and O–H groups in total. The molecule has 0 spiro atoms. The highest BCUT2D eigenvalue weighted by molar-refractivity contribution is 6.02. The summed E-state index contributed by atoms with van der Waals surface area (Å²) in [5, 5.41) is 0. The number of primary amides is 1. The van der Waals surface area contributed by atoms with E-state index in [2.05, 4.69) is 9.97 Å². The number of carbonyl (C=O) groups excluding carboxylic acids is 1. The van der Waals surface area contributed by atoms with Crippen molar-refractivity contribution in [3.8, 4) is 17.1 Å². The molecule has 1 amide bonds. The number of amides is 1. The number of halogens is 1. The van der Waals surface area contributed by atoms with Crippen LogP contribution in [0.1, 0.15) is 28.5 Å². The maximum absolute atomic E-state index is 13.4. The minimum absolute atomic E-state index is 0.0342. The summed E-state index contributed by atoms with van der Waals surface area (Å²) in [6.07, 6.45) is 0. The van der Waals surface area contributed by atoms with Crippen molar-refractivity contribution in [1.82, 2.24) is 19.1 Å². The van der Waals surface area contributed by atoms with Crippen molar-refractivity contribution in [2.75, 3.05) is 0 Å². The van der Waals surface area contributed by atoms with Crippen LogP contribution in [0.3, 0.4) is 0 Å². The maximum atomic E-state index is 13.4. The first-order valence-corrected chi connectivity index (χ1v) is 9.48. The van der Waals surface area contributed by atoms with Gasteiger partial charge >= 0.3 is 5.69 Å². The number of aromatic nitrogens is 4. The molecule has 0 bridgehead atoms. The van der Waals surface area contributed by atoms with Gasteiger partial charge in [0.25, 0.3) is 5.91 Å².